The highest BCUT2D eigenvalue weighted by Gasteiger charge is 2.36. The van der Waals surface area contributed by atoms with Gasteiger partial charge in [-0.3, -0.25) is 9.59 Å². The third kappa shape index (κ3) is 4.33. The van der Waals surface area contributed by atoms with Crippen LogP contribution in [0.3, 0.4) is 0 Å². The van der Waals surface area contributed by atoms with Crippen LogP contribution >= 0.6 is 0 Å². The molecule has 0 radical (unpaired) electrons. The van der Waals surface area contributed by atoms with E-state index in [1.807, 2.05) is 13.0 Å². The second-order valence-electron chi connectivity index (χ2n) is 7.08. The molecule has 0 saturated heterocycles. The summed E-state index contributed by atoms with van der Waals surface area (Å²) in [7, 11) is 0. The van der Waals surface area contributed by atoms with Gasteiger partial charge in [-0.15, -0.1) is 0 Å². The molecule has 1 fully saturated rings. The van der Waals surface area contributed by atoms with Crippen molar-refractivity contribution in [3.8, 4) is 5.69 Å². The largest absolute Gasteiger partial charge is 0.388 e. The van der Waals surface area contributed by atoms with Crippen molar-refractivity contribution in [2.75, 3.05) is 5.32 Å². The maximum atomic E-state index is 12.3. The molecule has 0 aliphatic heterocycles. The van der Waals surface area contributed by atoms with Crippen LogP contribution in [0.5, 0.6) is 0 Å². The van der Waals surface area contributed by atoms with E-state index in [1.54, 1.807) is 29.8 Å². The van der Waals surface area contributed by atoms with Crippen LogP contribution in [0.25, 0.3) is 5.69 Å². The minimum Gasteiger partial charge on any atom is -0.388 e. The zero-order valence-electron chi connectivity index (χ0n) is 15.6. The first-order valence-electron chi connectivity index (χ1n) is 9.20. The Bertz CT molecular complexity index is 826. The Kier molecular flexibility index (Phi) is 5.55. The summed E-state index contributed by atoms with van der Waals surface area (Å²) in [5, 5.41) is 20.0. The third-order valence-electron chi connectivity index (χ3n) is 5.15. The number of hydrogen-bond acceptors (Lipinski definition) is 5. The van der Waals surface area contributed by atoms with E-state index in [9.17, 15) is 14.7 Å². The fourth-order valence-corrected chi connectivity index (χ4v) is 3.45. The predicted molar refractivity (Wildman–Crippen MR) is 100 cm³/mol. The van der Waals surface area contributed by atoms with Crippen LogP contribution in [-0.2, 0) is 9.59 Å². The first-order valence-corrected chi connectivity index (χ1v) is 9.20. The van der Waals surface area contributed by atoms with E-state index in [0.29, 0.717) is 24.4 Å². The lowest BCUT2D eigenvalue weighted by Gasteiger charge is -2.37. The van der Waals surface area contributed by atoms with Crippen LogP contribution in [0.1, 0.15) is 44.9 Å². The number of carbonyl (C=O) groups is 2. The number of rotatable bonds is 4. The van der Waals surface area contributed by atoms with Crippen LogP contribution < -0.4 is 10.6 Å². The third-order valence-corrected chi connectivity index (χ3v) is 5.15. The molecule has 1 aromatic heterocycles. The van der Waals surface area contributed by atoms with E-state index in [2.05, 4.69) is 20.7 Å². The fraction of sp³-hybridized carbons (Fsp3) is 0.474. The van der Waals surface area contributed by atoms with Gasteiger partial charge in [0.1, 0.15) is 12.2 Å². The average Bonchev–Trinajstić information content (AvgIpc) is 3.08. The van der Waals surface area contributed by atoms with Gasteiger partial charge in [-0.05, 0) is 44.9 Å². The first-order chi connectivity index (χ1) is 12.9. The van der Waals surface area contributed by atoms with Crippen molar-refractivity contribution in [2.45, 2.75) is 57.6 Å². The van der Waals surface area contributed by atoms with Gasteiger partial charge in [0.15, 0.2) is 0 Å². The molecule has 2 amide bonds. The van der Waals surface area contributed by atoms with Crippen LogP contribution in [0.4, 0.5) is 5.69 Å². The van der Waals surface area contributed by atoms with Gasteiger partial charge in [-0.2, -0.15) is 5.10 Å². The van der Waals surface area contributed by atoms with Crippen molar-refractivity contribution in [3.05, 3.63) is 36.4 Å². The Labute approximate surface area is 158 Å². The molecular formula is C19H25N5O3. The number of hydrogen-bond donors (Lipinski definition) is 3. The van der Waals surface area contributed by atoms with E-state index in [0.717, 1.165) is 24.9 Å². The highest BCUT2D eigenvalue weighted by molar-refractivity contribution is 6.39. The molecule has 1 aromatic carbocycles. The van der Waals surface area contributed by atoms with Gasteiger partial charge in [-0.1, -0.05) is 25.3 Å². The average molecular weight is 371 g/mol. The number of carbonyl (C=O) groups excluding carboxylic acids is 2. The van der Waals surface area contributed by atoms with Gasteiger partial charge in [0.2, 0.25) is 0 Å². The second-order valence-corrected chi connectivity index (χ2v) is 7.08. The van der Waals surface area contributed by atoms with E-state index >= 15 is 0 Å². The smallest absolute Gasteiger partial charge is 0.313 e. The van der Waals surface area contributed by atoms with Crippen molar-refractivity contribution >= 4 is 17.5 Å². The summed E-state index contributed by atoms with van der Waals surface area (Å²) < 4.78 is 1.64. The lowest BCUT2D eigenvalue weighted by atomic mass is 9.80. The number of amides is 2. The normalized spacial score (nSPS) is 17.1. The minimum atomic E-state index is -0.946. The molecule has 8 nitrogen and oxygen atoms in total. The standard InChI is InChI=1S/C19H25N5O3/c1-13(19(27)9-4-3-5-10-19)22-17(25)18(26)23-15-7-6-8-16(11-15)24-14(2)20-12-21-24/h6-8,11-13,27H,3-5,9-10H2,1-2H3,(H,22,25)(H,23,26). The lowest BCUT2D eigenvalue weighted by Crippen LogP contribution is -2.54. The summed E-state index contributed by atoms with van der Waals surface area (Å²) in [5.41, 5.74) is 0.262. The summed E-state index contributed by atoms with van der Waals surface area (Å²) in [4.78, 5) is 28.6. The molecule has 144 valence electrons. The Hall–Kier alpha value is -2.74. The van der Waals surface area contributed by atoms with Crippen molar-refractivity contribution in [3.63, 3.8) is 0 Å². The van der Waals surface area contributed by atoms with Crippen molar-refractivity contribution < 1.29 is 14.7 Å². The molecule has 1 heterocycles. The van der Waals surface area contributed by atoms with Crippen molar-refractivity contribution in [1.82, 2.24) is 20.1 Å². The number of nitrogens with one attached hydrogen (secondary N) is 2. The van der Waals surface area contributed by atoms with Gasteiger partial charge in [0.25, 0.3) is 0 Å². The van der Waals surface area contributed by atoms with E-state index in [4.69, 9.17) is 0 Å². The summed E-state index contributed by atoms with van der Waals surface area (Å²) >= 11 is 0. The van der Waals surface area contributed by atoms with Gasteiger partial charge < -0.3 is 15.7 Å². The molecule has 1 atom stereocenters. The Balaban J connectivity index is 1.63. The molecular weight excluding hydrogens is 346 g/mol. The highest BCUT2D eigenvalue weighted by Crippen LogP contribution is 2.30. The van der Waals surface area contributed by atoms with E-state index < -0.39 is 23.5 Å². The number of anilines is 1. The van der Waals surface area contributed by atoms with E-state index in [1.165, 1.54) is 6.33 Å². The second kappa shape index (κ2) is 7.87. The predicted octanol–water partition coefficient (Wildman–Crippen LogP) is 1.71. The maximum absolute atomic E-state index is 12.3. The Morgan fingerprint density at radius 3 is 2.63 bits per heavy atom. The van der Waals surface area contributed by atoms with E-state index in [-0.39, 0.29) is 0 Å². The zero-order valence-corrected chi connectivity index (χ0v) is 15.6. The summed E-state index contributed by atoms with van der Waals surface area (Å²) in [6, 6.07) is 6.51. The Morgan fingerprint density at radius 1 is 1.22 bits per heavy atom. The van der Waals surface area contributed by atoms with Crippen LogP contribution in [0.2, 0.25) is 0 Å². The summed E-state index contributed by atoms with van der Waals surface area (Å²) in [6.45, 7) is 3.56. The molecule has 1 saturated carbocycles. The van der Waals surface area contributed by atoms with Gasteiger partial charge in [-0.25, -0.2) is 9.67 Å². The number of aryl methyl sites for hydroxylation is 1. The van der Waals surface area contributed by atoms with Crippen LogP contribution in [0, 0.1) is 6.92 Å². The molecule has 3 N–H and O–H groups in total. The number of aromatic nitrogens is 3. The first kappa shape index (κ1) is 19.0. The maximum Gasteiger partial charge on any atom is 0.313 e. The molecule has 1 aliphatic rings. The molecule has 0 bridgehead atoms. The van der Waals surface area contributed by atoms with Crippen LogP contribution in [-0.4, -0.2) is 43.3 Å². The molecule has 8 heteroatoms. The minimum absolute atomic E-state index is 0.478. The molecule has 1 unspecified atom stereocenters. The monoisotopic (exact) mass is 371 g/mol. The summed E-state index contributed by atoms with van der Waals surface area (Å²) in [5.74, 6) is -0.816. The fourth-order valence-electron chi connectivity index (χ4n) is 3.45. The number of benzene rings is 1. The van der Waals surface area contributed by atoms with Gasteiger partial charge >= 0.3 is 11.8 Å². The van der Waals surface area contributed by atoms with Crippen molar-refractivity contribution in [1.29, 1.82) is 0 Å². The zero-order chi connectivity index (χ0) is 19.4. The molecule has 1 aliphatic carbocycles. The van der Waals surface area contributed by atoms with Crippen molar-refractivity contribution in [2.24, 2.45) is 0 Å². The Morgan fingerprint density at radius 2 is 1.96 bits per heavy atom. The molecule has 3 rings (SSSR count). The van der Waals surface area contributed by atoms with Gasteiger partial charge in [0.05, 0.1) is 17.3 Å². The molecule has 27 heavy (non-hydrogen) atoms. The molecule has 2 aromatic rings. The number of aliphatic hydroxyl groups is 1. The van der Waals surface area contributed by atoms with Crippen LogP contribution in [0.15, 0.2) is 30.6 Å². The van der Waals surface area contributed by atoms with Gasteiger partial charge in [0, 0.05) is 5.69 Å². The lowest BCUT2D eigenvalue weighted by molar-refractivity contribution is -0.138. The SMILES string of the molecule is Cc1ncnn1-c1cccc(NC(=O)C(=O)NC(C)C2(O)CCCCC2)c1. The summed E-state index contributed by atoms with van der Waals surface area (Å²) in [6.07, 6.45) is 5.66. The number of nitrogens with zero attached hydrogens (tertiary/aromatic N) is 3. The highest BCUT2D eigenvalue weighted by atomic mass is 16.3. The molecule has 0 spiro atoms. The quantitative estimate of drug-likeness (QED) is 0.709. The topological polar surface area (TPSA) is 109 Å².